The number of carbonyl (C=O) groups excluding carboxylic acids is 1. The number of aromatic nitrogens is 3. The fourth-order valence-corrected chi connectivity index (χ4v) is 4.55. The molecule has 2 heterocycles. The Balaban J connectivity index is 1.84. The second-order valence-corrected chi connectivity index (χ2v) is 9.97. The first-order chi connectivity index (χ1) is 14.1. The molecule has 3 rings (SSSR count). The summed E-state index contributed by atoms with van der Waals surface area (Å²) < 4.78 is 28.3. The van der Waals surface area contributed by atoms with Crippen molar-refractivity contribution in [1.29, 1.82) is 0 Å². The number of hydrogen-bond acceptors (Lipinski definition) is 6. The molecule has 0 unspecified atom stereocenters. The molecule has 0 bridgehead atoms. The van der Waals surface area contributed by atoms with Crippen LogP contribution in [0, 0.1) is 5.92 Å². The van der Waals surface area contributed by atoms with Gasteiger partial charge in [-0.3, -0.25) is 4.79 Å². The predicted octanol–water partition coefficient (Wildman–Crippen LogP) is 1.29. The van der Waals surface area contributed by atoms with Crippen LogP contribution in [0.25, 0.3) is 0 Å². The van der Waals surface area contributed by atoms with Crippen LogP contribution in [-0.4, -0.2) is 67.4 Å². The minimum Gasteiger partial charge on any atom is -0.377 e. The van der Waals surface area contributed by atoms with Gasteiger partial charge in [0.15, 0.2) is 5.82 Å². The fourth-order valence-electron chi connectivity index (χ4n) is 3.71. The lowest BCUT2D eigenvalue weighted by Gasteiger charge is -2.24. The molecule has 164 valence electrons. The topological polar surface area (TPSA) is 100 Å². The van der Waals surface area contributed by atoms with Crippen molar-refractivity contribution in [3.05, 3.63) is 41.5 Å². The number of sulfonamides is 1. The zero-order chi connectivity index (χ0) is 22.1. The van der Waals surface area contributed by atoms with Gasteiger partial charge in [0.25, 0.3) is 5.91 Å². The molecule has 9 nitrogen and oxygen atoms in total. The number of amides is 1. The van der Waals surface area contributed by atoms with Crippen molar-refractivity contribution in [2.75, 3.05) is 38.3 Å². The Hall–Kier alpha value is -2.46. The zero-order valence-corrected chi connectivity index (χ0v) is 19.0. The van der Waals surface area contributed by atoms with E-state index in [2.05, 4.69) is 14.9 Å². The Kier molecular flexibility index (Phi) is 6.47. The van der Waals surface area contributed by atoms with Crippen molar-refractivity contribution in [2.24, 2.45) is 5.92 Å². The first-order valence-electron chi connectivity index (χ1n) is 10.0. The normalized spacial score (nSPS) is 15.6. The summed E-state index contributed by atoms with van der Waals surface area (Å²) in [7, 11) is 0.436. The van der Waals surface area contributed by atoms with E-state index in [9.17, 15) is 13.2 Å². The molecule has 0 saturated heterocycles. The summed E-state index contributed by atoms with van der Waals surface area (Å²) in [5, 5.41) is 8.58. The highest BCUT2D eigenvalue weighted by Gasteiger charge is 2.29. The molecule has 0 aliphatic carbocycles. The number of rotatable bonds is 6. The van der Waals surface area contributed by atoms with Crippen molar-refractivity contribution in [1.82, 2.24) is 24.4 Å². The van der Waals surface area contributed by atoms with Gasteiger partial charge in [-0.1, -0.05) is 26.0 Å². The Morgan fingerprint density at radius 2 is 1.83 bits per heavy atom. The monoisotopic (exact) mass is 434 g/mol. The molecule has 0 fully saturated rings. The maximum atomic E-state index is 13.2. The average Bonchev–Trinajstić information content (AvgIpc) is 2.95. The largest absolute Gasteiger partial charge is 0.377 e. The molecule has 1 amide bonds. The van der Waals surface area contributed by atoms with Crippen molar-refractivity contribution in [3.63, 3.8) is 0 Å². The number of hydrogen-bond donors (Lipinski definition) is 1. The SMILES string of the molecule is CC(C)[C@@H](NS(C)(=O)=O)c1nnc2n1CCN(C(=O)c1ccccc1N(C)C)CC2. The van der Waals surface area contributed by atoms with E-state index in [0.717, 1.165) is 17.8 Å². The lowest BCUT2D eigenvalue weighted by molar-refractivity contribution is 0.0759. The van der Waals surface area contributed by atoms with E-state index in [-0.39, 0.29) is 11.8 Å². The Morgan fingerprint density at radius 1 is 1.13 bits per heavy atom. The molecule has 1 N–H and O–H groups in total. The van der Waals surface area contributed by atoms with E-state index >= 15 is 0 Å². The fraction of sp³-hybridized carbons (Fsp3) is 0.550. The highest BCUT2D eigenvalue weighted by atomic mass is 32.2. The molecule has 10 heteroatoms. The van der Waals surface area contributed by atoms with Crippen LogP contribution in [0.3, 0.4) is 0 Å². The van der Waals surface area contributed by atoms with Crippen LogP contribution in [0.2, 0.25) is 0 Å². The molecule has 1 atom stereocenters. The van der Waals surface area contributed by atoms with Gasteiger partial charge in [0.1, 0.15) is 5.82 Å². The molecule has 1 aliphatic heterocycles. The smallest absolute Gasteiger partial charge is 0.256 e. The number of benzene rings is 1. The highest BCUT2D eigenvalue weighted by molar-refractivity contribution is 7.88. The second kappa shape index (κ2) is 8.73. The van der Waals surface area contributed by atoms with E-state index in [1.54, 1.807) is 0 Å². The summed E-state index contributed by atoms with van der Waals surface area (Å²) in [6.07, 6.45) is 1.71. The first kappa shape index (κ1) is 22.2. The standard InChI is InChI=1S/C20H30N6O3S/c1-14(2)18(23-30(5,28)29)19-22-21-17-10-11-25(12-13-26(17)19)20(27)15-8-6-7-9-16(15)24(3)4/h6-9,14,18,23H,10-13H2,1-5H3/t18-/m1/s1. The third kappa shape index (κ3) is 4.81. The number of para-hydroxylation sites is 1. The molecular formula is C20H30N6O3S. The molecule has 30 heavy (non-hydrogen) atoms. The van der Waals surface area contributed by atoms with Crippen LogP contribution >= 0.6 is 0 Å². The van der Waals surface area contributed by atoms with Crippen LogP contribution < -0.4 is 9.62 Å². The highest BCUT2D eigenvalue weighted by Crippen LogP contribution is 2.25. The summed E-state index contributed by atoms with van der Waals surface area (Å²) in [4.78, 5) is 17.0. The average molecular weight is 435 g/mol. The van der Waals surface area contributed by atoms with Crippen molar-refractivity contribution in [2.45, 2.75) is 32.9 Å². The Bertz CT molecular complexity index is 1020. The quantitative estimate of drug-likeness (QED) is 0.735. The van der Waals surface area contributed by atoms with Crippen LogP contribution in [0.4, 0.5) is 5.69 Å². The summed E-state index contributed by atoms with van der Waals surface area (Å²) in [5.74, 6) is 1.34. The van der Waals surface area contributed by atoms with Gasteiger partial charge in [0, 0.05) is 45.8 Å². The first-order valence-corrected chi connectivity index (χ1v) is 11.9. The predicted molar refractivity (Wildman–Crippen MR) is 116 cm³/mol. The van der Waals surface area contributed by atoms with E-state index in [1.807, 2.05) is 66.6 Å². The number of nitrogens with zero attached hydrogens (tertiary/aromatic N) is 5. The van der Waals surface area contributed by atoms with E-state index in [1.165, 1.54) is 0 Å². The Labute approximate surface area is 178 Å². The van der Waals surface area contributed by atoms with E-state index < -0.39 is 16.1 Å². The number of fused-ring (bicyclic) bond motifs is 1. The van der Waals surface area contributed by atoms with Crippen LogP contribution in [0.5, 0.6) is 0 Å². The third-order valence-electron chi connectivity index (χ3n) is 5.24. The molecule has 2 aromatic rings. The molecule has 0 radical (unpaired) electrons. The van der Waals surface area contributed by atoms with Crippen LogP contribution in [-0.2, 0) is 23.0 Å². The van der Waals surface area contributed by atoms with Gasteiger partial charge in [0.2, 0.25) is 10.0 Å². The molecule has 1 aliphatic rings. The lowest BCUT2D eigenvalue weighted by Crippen LogP contribution is -2.35. The maximum Gasteiger partial charge on any atom is 0.256 e. The summed E-state index contributed by atoms with van der Waals surface area (Å²) in [6, 6.07) is 7.09. The summed E-state index contributed by atoms with van der Waals surface area (Å²) in [5.41, 5.74) is 1.54. The Morgan fingerprint density at radius 3 is 2.47 bits per heavy atom. The van der Waals surface area contributed by atoms with Gasteiger partial charge in [0.05, 0.1) is 17.9 Å². The van der Waals surface area contributed by atoms with Crippen LogP contribution in [0.1, 0.15) is 41.9 Å². The van der Waals surface area contributed by atoms with Crippen LogP contribution in [0.15, 0.2) is 24.3 Å². The summed E-state index contributed by atoms with van der Waals surface area (Å²) >= 11 is 0. The van der Waals surface area contributed by atoms with Gasteiger partial charge in [-0.2, -0.15) is 0 Å². The molecular weight excluding hydrogens is 404 g/mol. The van der Waals surface area contributed by atoms with E-state index in [4.69, 9.17) is 0 Å². The number of nitrogens with one attached hydrogen (secondary N) is 1. The number of carbonyl (C=O) groups is 1. The van der Waals surface area contributed by atoms with Crippen molar-refractivity contribution in [3.8, 4) is 0 Å². The van der Waals surface area contributed by atoms with Gasteiger partial charge >= 0.3 is 0 Å². The molecule has 1 aromatic carbocycles. The number of anilines is 1. The molecule has 0 spiro atoms. The van der Waals surface area contributed by atoms with E-state index in [0.29, 0.717) is 37.4 Å². The lowest BCUT2D eigenvalue weighted by atomic mass is 10.1. The maximum absolute atomic E-state index is 13.2. The zero-order valence-electron chi connectivity index (χ0n) is 18.2. The van der Waals surface area contributed by atoms with Gasteiger partial charge in [-0.25, -0.2) is 13.1 Å². The van der Waals surface area contributed by atoms with Crippen molar-refractivity contribution < 1.29 is 13.2 Å². The molecule has 0 saturated carbocycles. The third-order valence-corrected chi connectivity index (χ3v) is 5.93. The van der Waals surface area contributed by atoms with Gasteiger partial charge in [-0.15, -0.1) is 10.2 Å². The second-order valence-electron chi connectivity index (χ2n) is 8.19. The molecule has 1 aromatic heterocycles. The van der Waals surface area contributed by atoms with Gasteiger partial charge < -0.3 is 14.4 Å². The minimum absolute atomic E-state index is 0.000909. The van der Waals surface area contributed by atoms with Gasteiger partial charge in [-0.05, 0) is 18.1 Å². The minimum atomic E-state index is -3.40. The van der Waals surface area contributed by atoms with Crippen molar-refractivity contribution >= 4 is 21.6 Å². The summed E-state index contributed by atoms with van der Waals surface area (Å²) in [6.45, 7) is 5.43.